The Labute approximate surface area is 96.3 Å². The molecule has 2 heteroatoms. The van der Waals surface area contributed by atoms with E-state index < -0.39 is 5.97 Å². The molecular weight excluding hydrogens is 200 g/mol. The van der Waals surface area contributed by atoms with E-state index >= 15 is 0 Å². The van der Waals surface area contributed by atoms with E-state index in [4.69, 9.17) is 5.11 Å². The van der Waals surface area contributed by atoms with Crippen LogP contribution in [0, 0.1) is 0 Å². The third-order valence-corrected chi connectivity index (χ3v) is 3.61. The molecule has 0 heterocycles. The van der Waals surface area contributed by atoms with Crippen LogP contribution < -0.4 is 0 Å². The van der Waals surface area contributed by atoms with Gasteiger partial charge in [0.1, 0.15) is 0 Å². The zero-order valence-corrected chi connectivity index (χ0v) is 10.3. The zero-order chi connectivity index (χ0) is 12.1. The maximum atomic E-state index is 11.0. The summed E-state index contributed by atoms with van der Waals surface area (Å²) >= 11 is 0. The van der Waals surface area contributed by atoms with Crippen molar-refractivity contribution >= 4 is 5.97 Å². The average molecular weight is 218 g/mol. The smallest absolute Gasteiger partial charge is 0.335 e. The first-order valence-electron chi connectivity index (χ1n) is 5.62. The van der Waals surface area contributed by atoms with Gasteiger partial charge < -0.3 is 5.11 Å². The Balaban J connectivity index is 2.63. The van der Waals surface area contributed by atoms with E-state index in [-0.39, 0.29) is 10.8 Å². The Morgan fingerprint density at radius 1 is 1.12 bits per heavy atom. The van der Waals surface area contributed by atoms with Crippen LogP contribution in [0.1, 0.15) is 55.6 Å². The standard InChI is InChI=1S/C14H18O2/c1-13(2)8-14(3,4)11-7-9(12(15)16)5-6-10(11)13/h5-7H,8H2,1-4H3,(H,15,16). The molecule has 16 heavy (non-hydrogen) atoms. The maximum Gasteiger partial charge on any atom is 0.335 e. The number of carboxylic acids is 1. The highest BCUT2D eigenvalue weighted by Crippen LogP contribution is 2.49. The molecule has 0 aromatic heterocycles. The molecular formula is C14H18O2. The summed E-state index contributed by atoms with van der Waals surface area (Å²) in [5.41, 5.74) is 3.10. The van der Waals surface area contributed by atoms with Crippen molar-refractivity contribution in [3.8, 4) is 0 Å². The van der Waals surface area contributed by atoms with E-state index in [9.17, 15) is 4.79 Å². The van der Waals surface area contributed by atoms with Crippen LogP contribution in [-0.2, 0) is 10.8 Å². The zero-order valence-electron chi connectivity index (χ0n) is 10.3. The second-order valence-corrected chi connectivity index (χ2v) is 6.01. The quantitative estimate of drug-likeness (QED) is 0.785. The molecule has 1 aliphatic rings. The Kier molecular flexibility index (Phi) is 2.16. The van der Waals surface area contributed by atoms with Crippen LogP contribution in [0.15, 0.2) is 18.2 Å². The monoisotopic (exact) mass is 218 g/mol. The molecule has 0 atom stereocenters. The van der Waals surface area contributed by atoms with Gasteiger partial charge in [0.05, 0.1) is 5.56 Å². The van der Waals surface area contributed by atoms with Gasteiger partial charge in [0.15, 0.2) is 0 Å². The van der Waals surface area contributed by atoms with Crippen molar-refractivity contribution in [1.82, 2.24) is 0 Å². The minimum absolute atomic E-state index is 0.0737. The van der Waals surface area contributed by atoms with E-state index in [0.29, 0.717) is 5.56 Å². The predicted octanol–water partition coefficient (Wildman–Crippen LogP) is 3.34. The molecule has 1 aromatic rings. The van der Waals surface area contributed by atoms with Crippen molar-refractivity contribution in [2.24, 2.45) is 0 Å². The summed E-state index contributed by atoms with van der Waals surface area (Å²) in [7, 11) is 0. The normalized spacial score (nSPS) is 20.5. The van der Waals surface area contributed by atoms with Crippen molar-refractivity contribution < 1.29 is 9.90 Å². The van der Waals surface area contributed by atoms with Crippen LogP contribution in [-0.4, -0.2) is 11.1 Å². The molecule has 0 saturated carbocycles. The molecule has 0 aliphatic heterocycles. The van der Waals surface area contributed by atoms with Crippen molar-refractivity contribution in [2.75, 3.05) is 0 Å². The van der Waals surface area contributed by atoms with E-state index in [0.717, 1.165) is 6.42 Å². The third-order valence-electron chi connectivity index (χ3n) is 3.61. The van der Waals surface area contributed by atoms with Crippen molar-refractivity contribution in [3.63, 3.8) is 0 Å². The lowest BCUT2D eigenvalue weighted by Gasteiger charge is -2.22. The highest BCUT2D eigenvalue weighted by Gasteiger charge is 2.41. The van der Waals surface area contributed by atoms with Crippen LogP contribution in [0.5, 0.6) is 0 Å². The average Bonchev–Trinajstić information content (AvgIpc) is 2.32. The fourth-order valence-corrected chi connectivity index (χ4v) is 3.12. The van der Waals surface area contributed by atoms with Gasteiger partial charge >= 0.3 is 5.97 Å². The summed E-state index contributed by atoms with van der Waals surface area (Å²) < 4.78 is 0. The Bertz CT molecular complexity index is 456. The van der Waals surface area contributed by atoms with Gasteiger partial charge in [-0.3, -0.25) is 0 Å². The first-order chi connectivity index (χ1) is 7.24. The van der Waals surface area contributed by atoms with E-state index in [1.54, 1.807) is 6.07 Å². The number of fused-ring (bicyclic) bond motifs is 1. The lowest BCUT2D eigenvalue weighted by molar-refractivity contribution is 0.0696. The third kappa shape index (κ3) is 1.53. The second kappa shape index (κ2) is 3.09. The number of benzene rings is 1. The predicted molar refractivity (Wildman–Crippen MR) is 64.1 cm³/mol. The van der Waals surface area contributed by atoms with Gasteiger partial charge in [0.2, 0.25) is 0 Å². The van der Waals surface area contributed by atoms with Gasteiger partial charge in [-0.2, -0.15) is 0 Å². The molecule has 0 bridgehead atoms. The van der Waals surface area contributed by atoms with Crippen LogP contribution in [0.4, 0.5) is 0 Å². The fourth-order valence-electron chi connectivity index (χ4n) is 3.12. The Morgan fingerprint density at radius 3 is 2.25 bits per heavy atom. The summed E-state index contributed by atoms with van der Waals surface area (Å²) in [5.74, 6) is -0.844. The highest BCUT2D eigenvalue weighted by molar-refractivity contribution is 5.88. The summed E-state index contributed by atoms with van der Waals surface area (Å²) in [5, 5.41) is 9.02. The Morgan fingerprint density at radius 2 is 1.69 bits per heavy atom. The molecule has 1 N–H and O–H groups in total. The molecule has 0 radical (unpaired) electrons. The number of rotatable bonds is 1. The molecule has 86 valence electrons. The van der Waals surface area contributed by atoms with Crippen LogP contribution in [0.2, 0.25) is 0 Å². The lowest BCUT2D eigenvalue weighted by Crippen LogP contribution is -2.18. The van der Waals surface area contributed by atoms with Gasteiger partial charge in [-0.25, -0.2) is 4.79 Å². The summed E-state index contributed by atoms with van der Waals surface area (Å²) in [6.45, 7) is 8.82. The fraction of sp³-hybridized carbons (Fsp3) is 0.500. The summed E-state index contributed by atoms with van der Waals surface area (Å²) in [6, 6.07) is 5.53. The summed E-state index contributed by atoms with van der Waals surface area (Å²) in [6.07, 6.45) is 1.07. The minimum Gasteiger partial charge on any atom is -0.478 e. The molecule has 0 saturated heterocycles. The molecule has 0 amide bonds. The second-order valence-electron chi connectivity index (χ2n) is 6.01. The Hall–Kier alpha value is -1.31. The van der Waals surface area contributed by atoms with Crippen molar-refractivity contribution in [1.29, 1.82) is 0 Å². The molecule has 1 aromatic carbocycles. The first-order valence-corrected chi connectivity index (χ1v) is 5.62. The van der Waals surface area contributed by atoms with Gasteiger partial charge in [-0.1, -0.05) is 33.8 Å². The first kappa shape index (κ1) is 11.2. The number of hydrogen-bond acceptors (Lipinski definition) is 1. The SMILES string of the molecule is CC1(C)CC(C)(C)c2cc(C(=O)O)ccc21. The molecule has 0 unspecified atom stereocenters. The van der Waals surface area contributed by atoms with Crippen LogP contribution in [0.3, 0.4) is 0 Å². The maximum absolute atomic E-state index is 11.0. The molecule has 2 nitrogen and oxygen atoms in total. The topological polar surface area (TPSA) is 37.3 Å². The molecule has 0 fully saturated rings. The highest BCUT2D eigenvalue weighted by atomic mass is 16.4. The van der Waals surface area contributed by atoms with E-state index in [2.05, 4.69) is 27.7 Å². The lowest BCUT2D eigenvalue weighted by atomic mass is 9.82. The van der Waals surface area contributed by atoms with Crippen molar-refractivity contribution in [3.05, 3.63) is 34.9 Å². The van der Waals surface area contributed by atoms with Gasteiger partial charge in [0.25, 0.3) is 0 Å². The van der Waals surface area contributed by atoms with E-state index in [1.165, 1.54) is 11.1 Å². The van der Waals surface area contributed by atoms with Crippen molar-refractivity contribution in [2.45, 2.75) is 44.9 Å². The summed E-state index contributed by atoms with van der Waals surface area (Å²) in [4.78, 5) is 11.0. The van der Waals surface area contributed by atoms with Gasteiger partial charge in [-0.05, 0) is 40.5 Å². The number of carbonyl (C=O) groups is 1. The minimum atomic E-state index is -0.844. The van der Waals surface area contributed by atoms with Crippen LogP contribution >= 0.6 is 0 Å². The number of hydrogen-bond donors (Lipinski definition) is 1. The van der Waals surface area contributed by atoms with Gasteiger partial charge in [0, 0.05) is 0 Å². The molecule has 0 spiro atoms. The molecule has 2 rings (SSSR count). The molecule has 1 aliphatic carbocycles. The van der Waals surface area contributed by atoms with E-state index in [1.807, 2.05) is 12.1 Å². The number of carboxylic acid groups (broad SMARTS) is 1. The largest absolute Gasteiger partial charge is 0.478 e. The van der Waals surface area contributed by atoms with Gasteiger partial charge in [-0.15, -0.1) is 0 Å². The number of aromatic carboxylic acids is 1. The van der Waals surface area contributed by atoms with Crippen LogP contribution in [0.25, 0.3) is 0 Å².